The minimum absolute atomic E-state index is 0.142. The van der Waals surface area contributed by atoms with E-state index in [9.17, 15) is 4.79 Å². The molecule has 2 aromatic rings. The summed E-state index contributed by atoms with van der Waals surface area (Å²) in [7, 11) is 1.65. The van der Waals surface area contributed by atoms with Gasteiger partial charge in [0.25, 0.3) is 5.91 Å². The number of unbranched alkanes of at least 4 members (excludes halogenated alkanes) is 1. The lowest BCUT2D eigenvalue weighted by Gasteiger charge is -2.45. The van der Waals surface area contributed by atoms with E-state index < -0.39 is 0 Å². The van der Waals surface area contributed by atoms with E-state index in [4.69, 9.17) is 9.47 Å². The van der Waals surface area contributed by atoms with Crippen molar-refractivity contribution in [2.45, 2.75) is 58.3 Å². The fraction of sp³-hybridized carbons (Fsp3) is 0.567. The predicted octanol–water partition coefficient (Wildman–Crippen LogP) is 5.83. The molecule has 1 saturated heterocycles. The number of carbonyl (C=O) groups is 1. The molecule has 0 saturated carbocycles. The molecule has 0 radical (unpaired) electrons. The molecule has 0 atom stereocenters. The van der Waals surface area contributed by atoms with E-state index in [1.165, 1.54) is 37.7 Å². The van der Waals surface area contributed by atoms with E-state index in [0.29, 0.717) is 0 Å². The molecule has 2 heterocycles. The first-order chi connectivity index (χ1) is 17.1. The molecule has 1 amide bonds. The number of nitrogens with zero attached hydrogens (tertiary/aromatic N) is 2. The van der Waals surface area contributed by atoms with Crippen LogP contribution in [0.3, 0.4) is 0 Å². The molecule has 5 nitrogen and oxygen atoms in total. The summed E-state index contributed by atoms with van der Waals surface area (Å²) in [5.41, 5.74) is 2.37. The Balaban J connectivity index is 1.44. The van der Waals surface area contributed by atoms with Crippen LogP contribution in [0.4, 0.5) is 0 Å². The standard InChI is InChI=1S/C30H42N2O3/c1-3-4-19-31-22-23-35-28-11-6-5-9-25(28)10-7-8-16-30(24-31)17-20-32(21-18-30)29(33)26-12-14-27(34-2)15-13-26/h5-6,9,11-15H,3-4,7-8,10,16-24H2,1-2H3. The number of carbonyl (C=O) groups excluding carboxylic acids is 1. The summed E-state index contributed by atoms with van der Waals surface area (Å²) >= 11 is 0. The van der Waals surface area contributed by atoms with Gasteiger partial charge in [-0.2, -0.15) is 0 Å². The van der Waals surface area contributed by atoms with Crippen LogP contribution in [-0.4, -0.2) is 62.1 Å². The topological polar surface area (TPSA) is 42.0 Å². The molecule has 0 N–H and O–H groups in total. The molecular formula is C30H42N2O3. The van der Waals surface area contributed by atoms with Crippen molar-refractivity contribution in [3.05, 3.63) is 59.7 Å². The van der Waals surface area contributed by atoms with E-state index in [0.717, 1.165) is 75.7 Å². The first kappa shape index (κ1) is 25.6. The lowest BCUT2D eigenvalue weighted by atomic mass is 9.73. The Hall–Kier alpha value is -2.53. The van der Waals surface area contributed by atoms with Crippen molar-refractivity contribution < 1.29 is 14.3 Å². The number of benzene rings is 2. The molecule has 190 valence electrons. The number of rotatable bonds is 5. The van der Waals surface area contributed by atoms with Crippen molar-refractivity contribution in [3.63, 3.8) is 0 Å². The molecular weight excluding hydrogens is 436 g/mol. The quantitative estimate of drug-likeness (QED) is 0.543. The molecule has 1 fully saturated rings. The summed E-state index contributed by atoms with van der Waals surface area (Å²) in [4.78, 5) is 17.8. The molecule has 1 spiro atoms. The average molecular weight is 479 g/mol. The Morgan fingerprint density at radius 1 is 1.00 bits per heavy atom. The Morgan fingerprint density at radius 2 is 1.77 bits per heavy atom. The minimum atomic E-state index is 0.142. The van der Waals surface area contributed by atoms with Crippen LogP contribution in [0.1, 0.15) is 67.8 Å². The summed E-state index contributed by atoms with van der Waals surface area (Å²) in [5.74, 6) is 1.98. The zero-order valence-corrected chi connectivity index (χ0v) is 21.6. The Morgan fingerprint density at radius 3 is 2.51 bits per heavy atom. The number of ether oxygens (including phenoxy) is 2. The molecule has 2 aromatic carbocycles. The van der Waals surface area contributed by atoms with Crippen molar-refractivity contribution in [2.24, 2.45) is 5.41 Å². The molecule has 2 aliphatic rings. The third-order valence-corrected chi connectivity index (χ3v) is 7.88. The molecule has 2 aliphatic heterocycles. The fourth-order valence-corrected chi connectivity index (χ4v) is 5.66. The van der Waals surface area contributed by atoms with E-state index in [1.54, 1.807) is 7.11 Å². The summed E-state index contributed by atoms with van der Waals surface area (Å²) in [5, 5.41) is 0. The van der Waals surface area contributed by atoms with Crippen LogP contribution in [-0.2, 0) is 6.42 Å². The smallest absolute Gasteiger partial charge is 0.253 e. The molecule has 5 heteroatoms. The normalized spacial score (nSPS) is 19.2. The van der Waals surface area contributed by atoms with Gasteiger partial charge in [0.05, 0.1) is 7.11 Å². The number of hydrogen-bond donors (Lipinski definition) is 0. The van der Waals surface area contributed by atoms with Crippen LogP contribution in [0, 0.1) is 5.41 Å². The van der Waals surface area contributed by atoms with Gasteiger partial charge in [0.2, 0.25) is 0 Å². The third-order valence-electron chi connectivity index (χ3n) is 7.88. The average Bonchev–Trinajstić information content (AvgIpc) is 2.90. The fourth-order valence-electron chi connectivity index (χ4n) is 5.66. The molecule has 4 rings (SSSR count). The molecule has 0 aliphatic carbocycles. The third kappa shape index (κ3) is 6.78. The van der Waals surface area contributed by atoms with E-state index >= 15 is 0 Å². The Labute approximate surface area is 211 Å². The summed E-state index contributed by atoms with van der Waals surface area (Å²) in [6.45, 7) is 7.88. The highest BCUT2D eigenvalue weighted by molar-refractivity contribution is 5.94. The first-order valence-corrected chi connectivity index (χ1v) is 13.5. The van der Waals surface area contributed by atoms with Crippen LogP contribution in [0.25, 0.3) is 0 Å². The van der Waals surface area contributed by atoms with Gasteiger partial charge in [-0.15, -0.1) is 0 Å². The van der Waals surface area contributed by atoms with Crippen LogP contribution < -0.4 is 9.47 Å². The van der Waals surface area contributed by atoms with Crippen LogP contribution in [0.15, 0.2) is 48.5 Å². The van der Waals surface area contributed by atoms with E-state index in [-0.39, 0.29) is 11.3 Å². The highest BCUT2D eigenvalue weighted by atomic mass is 16.5. The zero-order chi connectivity index (χ0) is 24.5. The van der Waals surface area contributed by atoms with Gasteiger partial charge in [0, 0.05) is 31.7 Å². The molecule has 35 heavy (non-hydrogen) atoms. The number of likely N-dealkylation sites (tertiary alicyclic amines) is 1. The maximum absolute atomic E-state index is 13.2. The van der Waals surface area contributed by atoms with Crippen LogP contribution in [0.5, 0.6) is 11.5 Å². The Kier molecular flexibility index (Phi) is 9.08. The second kappa shape index (κ2) is 12.4. The van der Waals surface area contributed by atoms with Gasteiger partial charge < -0.3 is 14.4 Å². The Bertz CT molecular complexity index is 935. The van der Waals surface area contributed by atoms with Gasteiger partial charge in [-0.05, 0) is 86.4 Å². The van der Waals surface area contributed by atoms with Gasteiger partial charge in [0.1, 0.15) is 18.1 Å². The largest absolute Gasteiger partial charge is 0.497 e. The van der Waals surface area contributed by atoms with Crippen molar-refractivity contribution in [3.8, 4) is 11.5 Å². The number of piperidine rings is 1. The number of hydrogen-bond acceptors (Lipinski definition) is 4. The molecule has 0 aromatic heterocycles. The van der Waals surface area contributed by atoms with Gasteiger partial charge in [-0.25, -0.2) is 0 Å². The van der Waals surface area contributed by atoms with E-state index in [2.05, 4.69) is 41.0 Å². The SMILES string of the molecule is CCCCN1CCOc2ccccc2CCCCC2(CCN(C(=O)c3ccc(OC)cc3)CC2)C1. The number of aryl methyl sites for hydroxylation is 1. The zero-order valence-electron chi connectivity index (χ0n) is 21.6. The van der Waals surface area contributed by atoms with Gasteiger partial charge >= 0.3 is 0 Å². The van der Waals surface area contributed by atoms with Crippen LogP contribution >= 0.6 is 0 Å². The highest BCUT2D eigenvalue weighted by Crippen LogP contribution is 2.39. The highest BCUT2D eigenvalue weighted by Gasteiger charge is 2.37. The number of methoxy groups -OCH3 is 1. The first-order valence-electron chi connectivity index (χ1n) is 13.5. The number of fused-ring (bicyclic) bond motifs is 1. The lowest BCUT2D eigenvalue weighted by Crippen LogP contribution is -2.48. The van der Waals surface area contributed by atoms with Gasteiger partial charge in [-0.1, -0.05) is 38.0 Å². The van der Waals surface area contributed by atoms with Crippen molar-refractivity contribution in [2.75, 3.05) is 46.4 Å². The molecule has 0 unspecified atom stereocenters. The van der Waals surface area contributed by atoms with Crippen LogP contribution in [0.2, 0.25) is 0 Å². The number of amides is 1. The second-order valence-electron chi connectivity index (χ2n) is 10.3. The van der Waals surface area contributed by atoms with E-state index in [1.807, 2.05) is 24.3 Å². The maximum Gasteiger partial charge on any atom is 0.253 e. The van der Waals surface area contributed by atoms with Crippen molar-refractivity contribution >= 4 is 5.91 Å². The number of para-hydroxylation sites is 1. The second-order valence-corrected chi connectivity index (χ2v) is 10.3. The summed E-state index contributed by atoms with van der Waals surface area (Å²) in [6.07, 6.45) is 9.31. The monoisotopic (exact) mass is 478 g/mol. The van der Waals surface area contributed by atoms with Gasteiger partial charge in [-0.3, -0.25) is 9.69 Å². The summed E-state index contributed by atoms with van der Waals surface area (Å²) in [6, 6.07) is 16.0. The lowest BCUT2D eigenvalue weighted by molar-refractivity contribution is 0.0375. The predicted molar refractivity (Wildman–Crippen MR) is 141 cm³/mol. The van der Waals surface area contributed by atoms with Gasteiger partial charge in [0.15, 0.2) is 0 Å². The van der Waals surface area contributed by atoms with Crippen molar-refractivity contribution in [1.82, 2.24) is 9.80 Å². The maximum atomic E-state index is 13.2. The molecule has 0 bridgehead atoms. The van der Waals surface area contributed by atoms with Crippen molar-refractivity contribution in [1.29, 1.82) is 0 Å². The summed E-state index contributed by atoms with van der Waals surface area (Å²) < 4.78 is 11.5. The minimum Gasteiger partial charge on any atom is -0.497 e.